The predicted molar refractivity (Wildman–Crippen MR) is 66.3 cm³/mol. The Morgan fingerprint density at radius 3 is 2.29 bits per heavy atom. The van der Waals surface area contributed by atoms with E-state index in [1.54, 1.807) is 0 Å². The lowest BCUT2D eigenvalue weighted by Crippen LogP contribution is -2.33. The molecule has 0 aliphatic carbocycles. The molecule has 17 heavy (non-hydrogen) atoms. The minimum atomic E-state index is -3.56. The van der Waals surface area contributed by atoms with E-state index in [0.29, 0.717) is 5.92 Å². The van der Waals surface area contributed by atoms with Gasteiger partial charge in [-0.15, -0.1) is 0 Å². The third-order valence-electron chi connectivity index (χ3n) is 2.09. The smallest absolute Gasteiger partial charge is 0.225 e. The van der Waals surface area contributed by atoms with Crippen LogP contribution in [0.25, 0.3) is 0 Å². The molecule has 1 aromatic heterocycles. The molecule has 1 atom stereocenters. The van der Waals surface area contributed by atoms with Crippen LogP contribution in [0.4, 0.5) is 0 Å². The van der Waals surface area contributed by atoms with Gasteiger partial charge in [0.2, 0.25) is 15.3 Å². The Labute approximate surface area is 107 Å². The van der Waals surface area contributed by atoms with Gasteiger partial charge < -0.3 is 0 Å². The van der Waals surface area contributed by atoms with Crippen molar-refractivity contribution >= 4 is 21.6 Å². The van der Waals surface area contributed by atoms with E-state index in [0.717, 1.165) is 6.42 Å². The Morgan fingerprint density at radius 2 is 1.82 bits per heavy atom. The molecule has 0 aromatic carbocycles. The van der Waals surface area contributed by atoms with E-state index >= 15 is 0 Å². The molecule has 0 spiro atoms. The Morgan fingerprint density at radius 1 is 1.29 bits per heavy atom. The van der Waals surface area contributed by atoms with Crippen LogP contribution in [0.1, 0.15) is 27.2 Å². The van der Waals surface area contributed by atoms with Crippen LogP contribution < -0.4 is 4.72 Å². The van der Waals surface area contributed by atoms with Gasteiger partial charge in [0, 0.05) is 6.04 Å². The van der Waals surface area contributed by atoms with Gasteiger partial charge in [-0.25, -0.2) is 23.1 Å². The SMILES string of the molecule is CC(C)CC(C)NS(=O)(=O)c1cnc(Cl)nc1. The largest absolute Gasteiger partial charge is 0.243 e. The highest BCUT2D eigenvalue weighted by molar-refractivity contribution is 7.89. The topological polar surface area (TPSA) is 72.0 Å². The molecule has 7 heteroatoms. The summed E-state index contributed by atoms with van der Waals surface area (Å²) in [6, 6.07) is -0.129. The highest BCUT2D eigenvalue weighted by atomic mass is 35.5. The molecule has 0 amide bonds. The predicted octanol–water partition coefficient (Wildman–Crippen LogP) is 1.84. The monoisotopic (exact) mass is 277 g/mol. The normalized spacial score (nSPS) is 13.9. The molecule has 0 aliphatic heterocycles. The van der Waals surface area contributed by atoms with E-state index in [2.05, 4.69) is 14.7 Å². The maximum Gasteiger partial charge on any atom is 0.243 e. The first-order valence-corrected chi connectivity index (χ1v) is 7.17. The van der Waals surface area contributed by atoms with Crippen molar-refractivity contribution in [1.82, 2.24) is 14.7 Å². The van der Waals surface area contributed by atoms with Crippen molar-refractivity contribution in [1.29, 1.82) is 0 Å². The second-order valence-electron chi connectivity index (χ2n) is 4.34. The van der Waals surface area contributed by atoms with Crippen LogP contribution in [0.2, 0.25) is 5.28 Å². The third kappa shape index (κ3) is 4.57. The average molecular weight is 278 g/mol. The number of hydrogen-bond donors (Lipinski definition) is 1. The summed E-state index contributed by atoms with van der Waals surface area (Å²) in [4.78, 5) is 7.32. The Bertz CT molecular complexity index is 459. The minimum Gasteiger partial charge on any atom is -0.225 e. The molecule has 0 radical (unpaired) electrons. The maximum atomic E-state index is 11.9. The molecule has 0 saturated carbocycles. The molecule has 0 saturated heterocycles. The van der Waals surface area contributed by atoms with E-state index in [1.165, 1.54) is 12.4 Å². The molecule has 1 aromatic rings. The number of sulfonamides is 1. The van der Waals surface area contributed by atoms with Gasteiger partial charge in [-0.2, -0.15) is 0 Å². The number of aromatic nitrogens is 2. The van der Waals surface area contributed by atoms with Crippen LogP contribution in [0.5, 0.6) is 0 Å². The van der Waals surface area contributed by atoms with E-state index in [1.807, 2.05) is 20.8 Å². The second-order valence-corrected chi connectivity index (χ2v) is 6.39. The van der Waals surface area contributed by atoms with Crippen molar-refractivity contribution in [2.75, 3.05) is 0 Å². The molecule has 0 bridgehead atoms. The summed E-state index contributed by atoms with van der Waals surface area (Å²) >= 11 is 5.50. The molecule has 0 fully saturated rings. The molecular weight excluding hydrogens is 262 g/mol. The Balaban J connectivity index is 2.78. The van der Waals surface area contributed by atoms with Crippen molar-refractivity contribution in [3.05, 3.63) is 17.7 Å². The fourth-order valence-electron chi connectivity index (χ4n) is 1.53. The van der Waals surface area contributed by atoms with E-state index < -0.39 is 10.0 Å². The highest BCUT2D eigenvalue weighted by Crippen LogP contribution is 2.11. The van der Waals surface area contributed by atoms with Crippen LogP contribution in [-0.4, -0.2) is 24.4 Å². The fraction of sp³-hybridized carbons (Fsp3) is 0.600. The number of halogens is 1. The van der Waals surface area contributed by atoms with E-state index in [9.17, 15) is 8.42 Å². The van der Waals surface area contributed by atoms with Crippen LogP contribution in [0, 0.1) is 5.92 Å². The standard InChI is InChI=1S/C10H16ClN3O2S/c1-7(2)4-8(3)14-17(15,16)9-5-12-10(11)13-6-9/h5-8,14H,4H2,1-3H3. The molecule has 1 N–H and O–H groups in total. The summed E-state index contributed by atoms with van der Waals surface area (Å²) < 4.78 is 26.4. The van der Waals surface area contributed by atoms with Crippen LogP contribution >= 0.6 is 11.6 Å². The zero-order chi connectivity index (χ0) is 13.1. The first kappa shape index (κ1) is 14.3. The van der Waals surface area contributed by atoms with Crippen LogP contribution in [0.15, 0.2) is 17.3 Å². The third-order valence-corrected chi connectivity index (χ3v) is 3.83. The summed E-state index contributed by atoms with van der Waals surface area (Å²) in [6.45, 7) is 5.90. The molecular formula is C10H16ClN3O2S. The molecule has 1 rings (SSSR count). The van der Waals surface area contributed by atoms with Crippen LogP contribution in [0.3, 0.4) is 0 Å². The lowest BCUT2D eigenvalue weighted by molar-refractivity contribution is 0.482. The van der Waals surface area contributed by atoms with Crippen molar-refractivity contribution in [2.24, 2.45) is 5.92 Å². The van der Waals surface area contributed by atoms with Crippen molar-refractivity contribution in [2.45, 2.75) is 38.1 Å². The first-order chi connectivity index (χ1) is 7.81. The quantitative estimate of drug-likeness (QED) is 0.834. The molecule has 96 valence electrons. The van der Waals surface area contributed by atoms with E-state index in [-0.39, 0.29) is 16.2 Å². The summed E-state index contributed by atoms with van der Waals surface area (Å²) in [5.74, 6) is 0.425. The van der Waals surface area contributed by atoms with Crippen LogP contribution in [-0.2, 0) is 10.0 Å². The number of rotatable bonds is 5. The summed E-state index contributed by atoms with van der Waals surface area (Å²) in [5.41, 5.74) is 0. The molecule has 0 aliphatic rings. The molecule has 1 heterocycles. The maximum absolute atomic E-state index is 11.9. The van der Waals surface area contributed by atoms with Gasteiger partial charge in [0.25, 0.3) is 0 Å². The van der Waals surface area contributed by atoms with Gasteiger partial charge in [0.15, 0.2) is 0 Å². The molecule has 1 unspecified atom stereocenters. The second kappa shape index (κ2) is 5.75. The molecule has 5 nitrogen and oxygen atoms in total. The lowest BCUT2D eigenvalue weighted by atomic mass is 10.1. The van der Waals surface area contributed by atoms with Gasteiger partial charge >= 0.3 is 0 Å². The lowest BCUT2D eigenvalue weighted by Gasteiger charge is -2.15. The van der Waals surface area contributed by atoms with E-state index in [4.69, 9.17) is 11.6 Å². The van der Waals surface area contributed by atoms with Gasteiger partial charge in [0.1, 0.15) is 4.90 Å². The highest BCUT2D eigenvalue weighted by Gasteiger charge is 2.18. The van der Waals surface area contributed by atoms with Gasteiger partial charge in [-0.1, -0.05) is 13.8 Å². The zero-order valence-corrected chi connectivity index (χ0v) is 11.6. The van der Waals surface area contributed by atoms with Crippen molar-refractivity contribution < 1.29 is 8.42 Å². The minimum absolute atomic E-state index is 0.0255. The summed E-state index contributed by atoms with van der Waals surface area (Å²) in [6.07, 6.45) is 3.16. The summed E-state index contributed by atoms with van der Waals surface area (Å²) in [7, 11) is -3.56. The number of hydrogen-bond acceptors (Lipinski definition) is 4. The Kier molecular flexibility index (Phi) is 4.85. The number of nitrogens with one attached hydrogen (secondary N) is 1. The fourth-order valence-corrected chi connectivity index (χ4v) is 2.77. The summed E-state index contributed by atoms with van der Waals surface area (Å²) in [5, 5.41) is 0.0270. The zero-order valence-electron chi connectivity index (χ0n) is 10.0. The first-order valence-electron chi connectivity index (χ1n) is 5.31. The Hall–Kier alpha value is -0.720. The average Bonchev–Trinajstić information content (AvgIpc) is 2.15. The van der Waals surface area contributed by atoms with Gasteiger partial charge in [0.05, 0.1) is 12.4 Å². The van der Waals surface area contributed by atoms with Gasteiger partial charge in [-0.05, 0) is 30.9 Å². The van der Waals surface area contributed by atoms with Crippen molar-refractivity contribution in [3.8, 4) is 0 Å². The van der Waals surface area contributed by atoms with Crippen molar-refractivity contribution in [3.63, 3.8) is 0 Å². The van der Waals surface area contributed by atoms with Gasteiger partial charge in [-0.3, -0.25) is 0 Å². The number of nitrogens with zero attached hydrogens (tertiary/aromatic N) is 2.